The van der Waals surface area contributed by atoms with E-state index in [2.05, 4.69) is 22.2 Å². The van der Waals surface area contributed by atoms with Gasteiger partial charge in [0, 0.05) is 10.0 Å². The van der Waals surface area contributed by atoms with Crippen LogP contribution in [-0.2, 0) is 31.3 Å². The first kappa shape index (κ1) is 38.0. The molecule has 0 atom stereocenters. The number of nitrogens with zero attached hydrogens (tertiary/aromatic N) is 3. The number of carbonyl (C=O) groups is 1. The molecule has 0 unspecified atom stereocenters. The summed E-state index contributed by atoms with van der Waals surface area (Å²) in [6.07, 6.45) is -1.13. The van der Waals surface area contributed by atoms with Gasteiger partial charge in [0.2, 0.25) is 0 Å². The fraction of sp³-hybridized carbons (Fsp3) is 0. The van der Waals surface area contributed by atoms with Crippen LogP contribution in [-0.4, -0.2) is 44.3 Å². The molecule has 176 valence electrons. The van der Waals surface area contributed by atoms with Crippen molar-refractivity contribution in [3.8, 4) is 5.75 Å². The molecule has 0 aromatic heterocycles. The quantitative estimate of drug-likeness (QED) is 0.0403. The molecule has 0 radical (unpaired) electrons. The Bertz CT molecular complexity index is 1770. The molecule has 0 bridgehead atoms. The van der Waals surface area contributed by atoms with Gasteiger partial charge in [-0.15, -0.1) is 60.3 Å². The fourth-order valence-electron chi connectivity index (χ4n) is 3.03. The molecule has 4 rings (SSSR count). The zero-order valence-electron chi connectivity index (χ0n) is 19.0. The maximum atomic E-state index is 11.6. The van der Waals surface area contributed by atoms with Crippen LogP contribution in [0.4, 0.5) is 4.79 Å². The molecule has 1 amide bonds. The van der Waals surface area contributed by atoms with Gasteiger partial charge < -0.3 is 9.29 Å². The summed E-state index contributed by atoms with van der Waals surface area (Å²) in [5.74, 6) is 0.0969. The SMILES string of the molecule is O=S(=O)=O.O=S(=O)=O.[N-]=[N+]=NC(=O)Oc1c[c-]c2ccc3[c-]cc(S(=O)(=O)[O-])c4ccc1c2c34.[Na+].[Na+].[Na+]. The van der Waals surface area contributed by atoms with E-state index in [0.717, 1.165) is 6.07 Å². The number of amides is 1. The normalized spacial score (nSPS) is 9.54. The van der Waals surface area contributed by atoms with Crippen LogP contribution in [0.2, 0.25) is 0 Å². The molecule has 0 aliphatic rings. The van der Waals surface area contributed by atoms with Gasteiger partial charge >= 0.3 is 116 Å². The van der Waals surface area contributed by atoms with Crippen molar-refractivity contribution >= 4 is 69.7 Å². The van der Waals surface area contributed by atoms with Gasteiger partial charge in [0.15, 0.2) is 0 Å². The number of ether oxygens (including phenoxy) is 1. The van der Waals surface area contributed by atoms with Gasteiger partial charge in [0.05, 0.1) is 15.9 Å². The number of rotatable bonds is 2. The Hall–Kier alpha value is -1.15. The van der Waals surface area contributed by atoms with E-state index in [9.17, 15) is 17.8 Å². The second-order valence-electron chi connectivity index (χ2n) is 5.80. The summed E-state index contributed by atoms with van der Waals surface area (Å²) in [6.45, 7) is 0. The molecule has 0 fully saturated rings. The van der Waals surface area contributed by atoms with Gasteiger partial charge in [-0.3, -0.25) is 0 Å². The molecule has 20 heteroatoms. The molecule has 0 heterocycles. The predicted octanol–water partition coefficient (Wildman–Crippen LogP) is -7.10. The second-order valence-corrected chi connectivity index (χ2v) is 7.96. The Balaban J connectivity index is 0. The first-order valence-corrected chi connectivity index (χ1v) is 11.6. The summed E-state index contributed by atoms with van der Waals surface area (Å²) in [7, 11) is -10.9. The van der Waals surface area contributed by atoms with Gasteiger partial charge in [-0.25, -0.2) is 13.2 Å². The van der Waals surface area contributed by atoms with Crippen molar-refractivity contribution in [2.45, 2.75) is 4.90 Å². The Kier molecular flexibility index (Phi) is 17.2. The van der Waals surface area contributed by atoms with Gasteiger partial charge in [0.25, 0.3) is 0 Å². The first-order valence-electron chi connectivity index (χ1n) is 8.17. The van der Waals surface area contributed by atoms with Crippen LogP contribution >= 0.6 is 0 Å². The molecule has 0 saturated carbocycles. The largest absolute Gasteiger partial charge is 1.00 e. The minimum Gasteiger partial charge on any atom is -0.752 e. The first-order chi connectivity index (χ1) is 15.9. The minimum atomic E-state index is -4.70. The molecule has 0 saturated heterocycles. The number of azide groups is 1. The van der Waals surface area contributed by atoms with Crippen molar-refractivity contribution in [2.75, 3.05) is 0 Å². The van der Waals surface area contributed by atoms with Crippen molar-refractivity contribution in [1.82, 2.24) is 0 Å². The van der Waals surface area contributed by atoms with E-state index in [1.807, 2.05) is 0 Å². The summed E-state index contributed by atoms with van der Waals surface area (Å²) >= 11 is 0. The van der Waals surface area contributed by atoms with Crippen LogP contribution in [0.15, 0.2) is 46.4 Å². The van der Waals surface area contributed by atoms with Crippen LogP contribution in [0.25, 0.3) is 42.8 Å². The summed E-state index contributed by atoms with van der Waals surface area (Å²) in [6, 6.07) is 14.8. The molecule has 37 heavy (non-hydrogen) atoms. The zero-order valence-corrected chi connectivity index (χ0v) is 27.5. The van der Waals surface area contributed by atoms with Crippen LogP contribution in [0.3, 0.4) is 0 Å². The number of hydrogen-bond acceptors (Lipinski definition) is 11. The number of benzene rings is 4. The third-order valence-corrected chi connectivity index (χ3v) is 4.88. The van der Waals surface area contributed by atoms with Crippen LogP contribution in [0.5, 0.6) is 5.75 Å². The maximum Gasteiger partial charge on any atom is 1.00 e. The molecule has 4 aromatic carbocycles. The average molecular weight is 593 g/mol. The second kappa shape index (κ2) is 16.7. The van der Waals surface area contributed by atoms with Gasteiger partial charge in [-0.1, -0.05) is 22.9 Å². The Morgan fingerprint density at radius 3 is 1.76 bits per heavy atom. The van der Waals surface area contributed by atoms with E-state index in [4.69, 9.17) is 35.5 Å². The molecule has 0 aliphatic heterocycles. The third-order valence-electron chi connectivity index (χ3n) is 4.00. The van der Waals surface area contributed by atoms with Crippen molar-refractivity contribution < 1.29 is 136 Å². The van der Waals surface area contributed by atoms with E-state index >= 15 is 0 Å². The van der Waals surface area contributed by atoms with Crippen LogP contribution < -0.4 is 93.4 Å². The average Bonchev–Trinajstić information content (AvgIpc) is 2.71. The van der Waals surface area contributed by atoms with Crippen LogP contribution in [0, 0.1) is 12.1 Å². The molecule has 0 aliphatic carbocycles. The van der Waals surface area contributed by atoms with Crippen molar-refractivity contribution in [1.29, 1.82) is 0 Å². The number of carbonyl (C=O) groups excluding carboxylic acids is 1. The summed E-state index contributed by atoms with van der Waals surface area (Å²) in [5.41, 5.74) is 8.32. The Labute approximate surface area is 277 Å². The number of hydrogen-bond donors (Lipinski definition) is 0. The molecule has 0 N–H and O–H groups in total. The van der Waals surface area contributed by atoms with E-state index in [-0.39, 0.29) is 105 Å². The molecule has 0 spiro atoms. The molecule has 14 nitrogen and oxygen atoms in total. The van der Waals surface area contributed by atoms with Crippen molar-refractivity contribution in [3.05, 3.63) is 59.0 Å². The standard InChI is InChI=1S/C17H7N3O5S.3Na.2O3S/c18-20-19-17(21)25-13-7-3-9-1-2-10-4-8-14(26(22,23)24)12-6-5-11(13)15(9)16(10)12;;;;2*1-4(2)3/h1-2,5-8H,(H,22,23,24);;;;;/q-2;3*+1;;/p-1. The van der Waals surface area contributed by atoms with Gasteiger partial charge in [0.1, 0.15) is 0 Å². The smallest absolute Gasteiger partial charge is 0.752 e. The van der Waals surface area contributed by atoms with E-state index in [0.29, 0.717) is 26.9 Å². The van der Waals surface area contributed by atoms with E-state index in [1.54, 1.807) is 12.1 Å². The van der Waals surface area contributed by atoms with Gasteiger partial charge in [-0.05, 0) is 10.4 Å². The van der Waals surface area contributed by atoms with Gasteiger partial charge in [-0.2, -0.15) is 22.9 Å². The molecular weight excluding hydrogens is 587 g/mol. The Morgan fingerprint density at radius 1 is 0.865 bits per heavy atom. The van der Waals surface area contributed by atoms with Crippen molar-refractivity contribution in [2.24, 2.45) is 5.11 Å². The monoisotopic (exact) mass is 593 g/mol. The Morgan fingerprint density at radius 2 is 1.30 bits per heavy atom. The minimum absolute atomic E-state index is 0. The van der Waals surface area contributed by atoms with Crippen molar-refractivity contribution in [3.63, 3.8) is 0 Å². The summed E-state index contributed by atoms with van der Waals surface area (Å²) in [5, 5.41) is 5.87. The van der Waals surface area contributed by atoms with E-state index < -0.39 is 37.4 Å². The fourth-order valence-corrected chi connectivity index (χ4v) is 3.67. The molecular formula is C17H6N3Na3O11S3. The summed E-state index contributed by atoms with van der Waals surface area (Å²) < 4.78 is 90.4. The van der Waals surface area contributed by atoms with Crippen LogP contribution in [0.1, 0.15) is 0 Å². The predicted molar refractivity (Wildman–Crippen MR) is 110 cm³/mol. The maximum absolute atomic E-state index is 11.6. The zero-order chi connectivity index (χ0) is 25.6. The molecule has 4 aromatic rings. The topological polar surface area (TPSA) is 235 Å². The summed E-state index contributed by atoms with van der Waals surface area (Å²) in [4.78, 5) is 13.5. The van der Waals surface area contributed by atoms with E-state index in [1.165, 1.54) is 18.2 Å². The third kappa shape index (κ3) is 10.5.